The van der Waals surface area contributed by atoms with Crippen molar-refractivity contribution in [2.24, 2.45) is 5.41 Å². The van der Waals surface area contributed by atoms with Gasteiger partial charge in [-0.15, -0.1) is 0 Å². The average molecular weight is 362 g/mol. The first-order chi connectivity index (χ1) is 8.06. The molecule has 17 heavy (non-hydrogen) atoms. The van der Waals surface area contributed by atoms with E-state index in [1.54, 1.807) is 0 Å². The Morgan fingerprint density at radius 1 is 1.24 bits per heavy atom. The molecule has 94 valence electrons. The Balaban J connectivity index is 2.04. The standard InChI is InChI=1S/C14H18Br2O/c1-10-6-12(7-11(2)13(10)16)17-9-14(8-15)4-3-5-14/h6-7H,3-5,8-9H2,1-2H3. The van der Waals surface area contributed by atoms with Gasteiger partial charge >= 0.3 is 0 Å². The summed E-state index contributed by atoms with van der Waals surface area (Å²) < 4.78 is 7.15. The van der Waals surface area contributed by atoms with Crippen LogP contribution in [0.3, 0.4) is 0 Å². The molecule has 0 aromatic heterocycles. The largest absolute Gasteiger partial charge is 0.493 e. The van der Waals surface area contributed by atoms with Gasteiger partial charge < -0.3 is 4.74 Å². The molecular weight excluding hydrogens is 344 g/mol. The summed E-state index contributed by atoms with van der Waals surface area (Å²) in [6, 6.07) is 4.22. The summed E-state index contributed by atoms with van der Waals surface area (Å²) in [6.45, 7) is 5.04. The second-order valence-corrected chi connectivity index (χ2v) is 6.50. The second kappa shape index (κ2) is 5.31. The van der Waals surface area contributed by atoms with Crippen LogP contribution >= 0.6 is 31.9 Å². The molecule has 0 N–H and O–H groups in total. The van der Waals surface area contributed by atoms with Crippen molar-refractivity contribution in [1.29, 1.82) is 0 Å². The highest BCUT2D eigenvalue weighted by atomic mass is 79.9. The molecule has 0 spiro atoms. The Morgan fingerprint density at radius 3 is 2.24 bits per heavy atom. The first-order valence-electron chi connectivity index (χ1n) is 6.02. The topological polar surface area (TPSA) is 9.23 Å². The number of hydrogen-bond donors (Lipinski definition) is 0. The molecule has 0 amide bonds. The molecule has 1 nitrogen and oxygen atoms in total. The maximum atomic E-state index is 5.97. The van der Waals surface area contributed by atoms with Crippen molar-refractivity contribution in [1.82, 2.24) is 0 Å². The van der Waals surface area contributed by atoms with Gasteiger partial charge in [0.05, 0.1) is 6.61 Å². The van der Waals surface area contributed by atoms with Gasteiger partial charge in [-0.25, -0.2) is 0 Å². The van der Waals surface area contributed by atoms with E-state index in [2.05, 4.69) is 57.8 Å². The summed E-state index contributed by atoms with van der Waals surface area (Å²) in [7, 11) is 0. The van der Waals surface area contributed by atoms with E-state index in [4.69, 9.17) is 4.74 Å². The predicted octanol–water partition coefficient (Wildman–Crippen LogP) is 5.01. The van der Waals surface area contributed by atoms with Crippen LogP contribution < -0.4 is 4.74 Å². The van der Waals surface area contributed by atoms with Gasteiger partial charge in [-0.05, 0) is 49.9 Å². The van der Waals surface area contributed by atoms with Crippen LogP contribution in [-0.4, -0.2) is 11.9 Å². The van der Waals surface area contributed by atoms with E-state index in [0.717, 1.165) is 17.7 Å². The molecule has 1 fully saturated rings. The number of benzene rings is 1. The Morgan fingerprint density at radius 2 is 1.82 bits per heavy atom. The average Bonchev–Trinajstić information content (AvgIpc) is 2.25. The van der Waals surface area contributed by atoms with Crippen molar-refractivity contribution >= 4 is 31.9 Å². The molecule has 3 heteroatoms. The molecule has 1 aromatic rings. The monoisotopic (exact) mass is 360 g/mol. The van der Waals surface area contributed by atoms with Crippen LogP contribution in [0.25, 0.3) is 0 Å². The fourth-order valence-electron chi connectivity index (χ4n) is 2.22. The lowest BCUT2D eigenvalue weighted by Crippen LogP contribution is -2.37. The zero-order valence-electron chi connectivity index (χ0n) is 10.4. The lowest BCUT2D eigenvalue weighted by atomic mass is 9.71. The van der Waals surface area contributed by atoms with E-state index in [0.29, 0.717) is 5.41 Å². The van der Waals surface area contributed by atoms with Crippen molar-refractivity contribution in [2.45, 2.75) is 33.1 Å². The number of aryl methyl sites for hydroxylation is 2. The molecule has 1 saturated carbocycles. The van der Waals surface area contributed by atoms with Gasteiger partial charge in [-0.3, -0.25) is 0 Å². The van der Waals surface area contributed by atoms with Gasteiger partial charge in [0.1, 0.15) is 5.75 Å². The highest BCUT2D eigenvalue weighted by Crippen LogP contribution is 2.42. The minimum atomic E-state index is 0.384. The summed E-state index contributed by atoms with van der Waals surface area (Å²) >= 11 is 7.19. The van der Waals surface area contributed by atoms with E-state index in [1.807, 2.05) is 0 Å². The Bertz CT molecular complexity index is 382. The van der Waals surface area contributed by atoms with E-state index in [1.165, 1.54) is 34.9 Å². The molecule has 0 saturated heterocycles. The van der Waals surface area contributed by atoms with Gasteiger partial charge in [0.15, 0.2) is 0 Å². The third kappa shape index (κ3) is 2.87. The van der Waals surface area contributed by atoms with Crippen molar-refractivity contribution in [3.05, 3.63) is 27.7 Å². The lowest BCUT2D eigenvalue weighted by molar-refractivity contribution is 0.0837. The highest BCUT2D eigenvalue weighted by molar-refractivity contribution is 9.10. The molecule has 0 heterocycles. The summed E-state index contributed by atoms with van der Waals surface area (Å²) in [5.74, 6) is 0.996. The smallest absolute Gasteiger partial charge is 0.119 e. The minimum Gasteiger partial charge on any atom is -0.493 e. The Labute approximate surface area is 120 Å². The first-order valence-corrected chi connectivity index (χ1v) is 7.93. The van der Waals surface area contributed by atoms with Crippen molar-refractivity contribution in [3.63, 3.8) is 0 Å². The van der Waals surface area contributed by atoms with E-state index in [-0.39, 0.29) is 0 Å². The van der Waals surface area contributed by atoms with Crippen molar-refractivity contribution < 1.29 is 4.74 Å². The number of alkyl halides is 1. The zero-order valence-corrected chi connectivity index (χ0v) is 13.5. The summed E-state index contributed by atoms with van der Waals surface area (Å²) in [5.41, 5.74) is 2.86. The van der Waals surface area contributed by atoms with Gasteiger partial charge in [0.2, 0.25) is 0 Å². The van der Waals surface area contributed by atoms with Crippen molar-refractivity contribution in [3.8, 4) is 5.75 Å². The fourth-order valence-corrected chi connectivity index (χ4v) is 3.17. The third-order valence-electron chi connectivity index (χ3n) is 3.65. The summed E-state index contributed by atoms with van der Waals surface area (Å²) in [6.07, 6.45) is 3.91. The maximum Gasteiger partial charge on any atom is 0.119 e. The van der Waals surface area contributed by atoms with Crippen LogP contribution in [0, 0.1) is 19.3 Å². The van der Waals surface area contributed by atoms with Crippen LogP contribution in [0.15, 0.2) is 16.6 Å². The van der Waals surface area contributed by atoms with Gasteiger partial charge in [-0.1, -0.05) is 38.3 Å². The number of ether oxygens (including phenoxy) is 1. The van der Waals surface area contributed by atoms with Crippen LogP contribution in [0.4, 0.5) is 0 Å². The van der Waals surface area contributed by atoms with Gasteiger partial charge in [0.25, 0.3) is 0 Å². The van der Waals surface area contributed by atoms with E-state index in [9.17, 15) is 0 Å². The van der Waals surface area contributed by atoms with Crippen LogP contribution in [-0.2, 0) is 0 Å². The van der Waals surface area contributed by atoms with Gasteiger partial charge in [0, 0.05) is 15.2 Å². The van der Waals surface area contributed by atoms with Crippen LogP contribution in [0.1, 0.15) is 30.4 Å². The van der Waals surface area contributed by atoms with Crippen LogP contribution in [0.2, 0.25) is 0 Å². The number of halogens is 2. The van der Waals surface area contributed by atoms with Crippen molar-refractivity contribution in [2.75, 3.05) is 11.9 Å². The van der Waals surface area contributed by atoms with E-state index < -0.39 is 0 Å². The molecule has 0 aliphatic heterocycles. The number of hydrogen-bond acceptors (Lipinski definition) is 1. The first kappa shape index (κ1) is 13.4. The molecule has 1 aromatic carbocycles. The lowest BCUT2D eigenvalue weighted by Gasteiger charge is -2.40. The normalized spacial score (nSPS) is 17.6. The maximum absolute atomic E-state index is 5.97. The minimum absolute atomic E-state index is 0.384. The number of rotatable bonds is 4. The molecule has 0 unspecified atom stereocenters. The molecule has 1 aliphatic rings. The Hall–Kier alpha value is -0.0200. The SMILES string of the molecule is Cc1cc(OCC2(CBr)CCC2)cc(C)c1Br. The fraction of sp³-hybridized carbons (Fsp3) is 0.571. The third-order valence-corrected chi connectivity index (χ3v) is 6.09. The van der Waals surface area contributed by atoms with Crippen LogP contribution in [0.5, 0.6) is 5.75 Å². The molecular formula is C14H18Br2O. The highest BCUT2D eigenvalue weighted by Gasteiger charge is 2.36. The molecule has 1 aliphatic carbocycles. The summed E-state index contributed by atoms with van der Waals surface area (Å²) in [5, 5.41) is 1.05. The molecule has 2 rings (SSSR count). The second-order valence-electron chi connectivity index (χ2n) is 5.15. The molecule has 0 radical (unpaired) electrons. The van der Waals surface area contributed by atoms with Gasteiger partial charge in [-0.2, -0.15) is 0 Å². The predicted molar refractivity (Wildman–Crippen MR) is 79.2 cm³/mol. The van der Waals surface area contributed by atoms with E-state index >= 15 is 0 Å². The molecule has 0 bridgehead atoms. The summed E-state index contributed by atoms with van der Waals surface area (Å²) in [4.78, 5) is 0. The quantitative estimate of drug-likeness (QED) is 0.685. The Kier molecular flexibility index (Phi) is 4.19. The molecule has 0 atom stereocenters. The zero-order chi connectivity index (χ0) is 12.5.